The number of benzene rings is 1. The lowest BCUT2D eigenvalue weighted by molar-refractivity contribution is 0.282. The Labute approximate surface area is 76.6 Å². The summed E-state index contributed by atoms with van der Waals surface area (Å²) in [5.41, 5.74) is 3.05. The van der Waals surface area contributed by atoms with Crippen molar-refractivity contribution in [3.05, 3.63) is 29.5 Å². The van der Waals surface area contributed by atoms with Gasteiger partial charge in [-0.25, -0.2) is 0 Å². The summed E-state index contributed by atoms with van der Waals surface area (Å²) in [6, 6.07) is 5.82. The average Bonchev–Trinajstić information content (AvgIpc) is 2.43. The van der Waals surface area contributed by atoms with Crippen molar-refractivity contribution in [1.29, 1.82) is 0 Å². The van der Waals surface area contributed by atoms with Crippen molar-refractivity contribution in [1.82, 2.24) is 9.78 Å². The number of nitrogens with zero attached hydrogens (tertiary/aromatic N) is 2. The molecule has 0 saturated heterocycles. The van der Waals surface area contributed by atoms with E-state index >= 15 is 0 Å². The first-order valence-corrected chi connectivity index (χ1v) is 4.25. The predicted molar refractivity (Wildman–Crippen MR) is 51.4 cm³/mol. The lowest BCUT2D eigenvalue weighted by Crippen LogP contribution is -1.91. The molecule has 0 aliphatic carbocycles. The van der Waals surface area contributed by atoms with Crippen LogP contribution in [0.25, 0.3) is 10.9 Å². The van der Waals surface area contributed by atoms with Gasteiger partial charge in [0.1, 0.15) is 0 Å². The van der Waals surface area contributed by atoms with Crippen LogP contribution in [0.15, 0.2) is 18.2 Å². The van der Waals surface area contributed by atoms with Crippen LogP contribution in [0.1, 0.15) is 11.3 Å². The van der Waals surface area contributed by atoms with Gasteiger partial charge in [0.15, 0.2) is 0 Å². The lowest BCUT2D eigenvalue weighted by atomic mass is 10.1. The molecule has 1 aromatic heterocycles. The summed E-state index contributed by atoms with van der Waals surface area (Å²) in [6.45, 7) is 2.11. The maximum atomic E-state index is 8.97. The van der Waals surface area contributed by atoms with Crippen LogP contribution in [-0.2, 0) is 13.7 Å². The average molecular weight is 176 g/mol. The number of aryl methyl sites for hydroxylation is 2. The molecular weight excluding hydrogens is 164 g/mol. The molecule has 1 N–H and O–H groups in total. The summed E-state index contributed by atoms with van der Waals surface area (Å²) < 4.78 is 1.85. The molecule has 13 heavy (non-hydrogen) atoms. The molecule has 3 heteroatoms. The minimum absolute atomic E-state index is 0.0876. The molecule has 1 aromatic carbocycles. The van der Waals surface area contributed by atoms with Crippen LogP contribution < -0.4 is 0 Å². The van der Waals surface area contributed by atoms with E-state index in [4.69, 9.17) is 5.11 Å². The van der Waals surface area contributed by atoms with Crippen molar-refractivity contribution in [2.45, 2.75) is 13.5 Å². The molecule has 0 aliphatic rings. The molecule has 0 unspecified atom stereocenters. The molecule has 0 bridgehead atoms. The number of hydrogen-bond donors (Lipinski definition) is 1. The summed E-state index contributed by atoms with van der Waals surface area (Å²) in [5.74, 6) is 0. The highest BCUT2D eigenvalue weighted by atomic mass is 16.3. The van der Waals surface area contributed by atoms with Crippen molar-refractivity contribution >= 4 is 10.9 Å². The SMILES string of the molecule is Cc1c2cc(CO)ccc2nn1C. The molecule has 2 rings (SSSR count). The fourth-order valence-corrected chi connectivity index (χ4v) is 1.47. The van der Waals surface area contributed by atoms with Crippen LogP contribution in [0, 0.1) is 6.92 Å². The molecule has 3 nitrogen and oxygen atoms in total. The minimum atomic E-state index is 0.0876. The van der Waals surface area contributed by atoms with Gasteiger partial charge in [0.05, 0.1) is 12.1 Å². The number of hydrogen-bond acceptors (Lipinski definition) is 2. The Bertz CT molecular complexity index is 445. The van der Waals surface area contributed by atoms with Gasteiger partial charge in [0.2, 0.25) is 0 Å². The highest BCUT2D eigenvalue weighted by Gasteiger charge is 2.04. The summed E-state index contributed by atoms with van der Waals surface area (Å²) >= 11 is 0. The van der Waals surface area contributed by atoms with Crippen LogP contribution in [0.4, 0.5) is 0 Å². The van der Waals surface area contributed by atoms with Crippen molar-refractivity contribution in [3.63, 3.8) is 0 Å². The smallest absolute Gasteiger partial charge is 0.0926 e. The summed E-state index contributed by atoms with van der Waals surface area (Å²) in [7, 11) is 1.92. The summed E-state index contributed by atoms with van der Waals surface area (Å²) in [5, 5.41) is 14.4. The van der Waals surface area contributed by atoms with E-state index in [1.807, 2.05) is 36.9 Å². The van der Waals surface area contributed by atoms with Gasteiger partial charge in [0, 0.05) is 18.1 Å². The molecular formula is C10H12N2O. The molecule has 0 spiro atoms. The predicted octanol–water partition coefficient (Wildman–Crippen LogP) is 1.37. The van der Waals surface area contributed by atoms with Gasteiger partial charge in [-0.2, -0.15) is 5.10 Å². The van der Waals surface area contributed by atoms with Gasteiger partial charge in [-0.05, 0) is 24.6 Å². The highest BCUT2D eigenvalue weighted by molar-refractivity contribution is 5.82. The third kappa shape index (κ3) is 1.21. The van der Waals surface area contributed by atoms with Gasteiger partial charge in [-0.3, -0.25) is 4.68 Å². The highest BCUT2D eigenvalue weighted by Crippen LogP contribution is 2.18. The number of rotatable bonds is 1. The Balaban J connectivity index is 2.75. The van der Waals surface area contributed by atoms with Crippen LogP contribution in [-0.4, -0.2) is 14.9 Å². The van der Waals surface area contributed by atoms with Crippen LogP contribution in [0.3, 0.4) is 0 Å². The summed E-state index contributed by atoms with van der Waals surface area (Å²) in [6.07, 6.45) is 0. The quantitative estimate of drug-likeness (QED) is 0.712. The molecule has 0 amide bonds. The van der Waals surface area contributed by atoms with Gasteiger partial charge in [-0.15, -0.1) is 0 Å². The fraction of sp³-hybridized carbons (Fsp3) is 0.300. The van der Waals surface area contributed by atoms with Gasteiger partial charge >= 0.3 is 0 Å². The number of aliphatic hydroxyl groups is 1. The maximum absolute atomic E-state index is 8.97. The Morgan fingerprint density at radius 3 is 2.92 bits per heavy atom. The van der Waals surface area contributed by atoms with Gasteiger partial charge in [0.25, 0.3) is 0 Å². The van der Waals surface area contributed by atoms with Crippen LogP contribution >= 0.6 is 0 Å². The van der Waals surface area contributed by atoms with Crippen molar-refractivity contribution in [3.8, 4) is 0 Å². The standard InChI is InChI=1S/C10H12N2O/c1-7-9-5-8(6-13)3-4-10(9)11-12(7)2/h3-5,13H,6H2,1-2H3. The fourth-order valence-electron chi connectivity index (χ4n) is 1.47. The third-order valence-electron chi connectivity index (χ3n) is 2.38. The molecule has 68 valence electrons. The monoisotopic (exact) mass is 176 g/mol. The third-order valence-corrected chi connectivity index (χ3v) is 2.38. The van der Waals surface area contributed by atoms with Crippen molar-refractivity contribution in [2.75, 3.05) is 0 Å². The Hall–Kier alpha value is -1.35. The van der Waals surface area contributed by atoms with Gasteiger partial charge in [-0.1, -0.05) is 6.07 Å². The second kappa shape index (κ2) is 2.85. The first-order valence-electron chi connectivity index (χ1n) is 4.25. The van der Waals surface area contributed by atoms with E-state index < -0.39 is 0 Å². The van der Waals surface area contributed by atoms with Crippen molar-refractivity contribution < 1.29 is 5.11 Å². The zero-order valence-corrected chi connectivity index (χ0v) is 7.78. The molecule has 0 radical (unpaired) electrons. The van der Waals surface area contributed by atoms with E-state index in [0.29, 0.717) is 0 Å². The zero-order valence-electron chi connectivity index (χ0n) is 7.78. The minimum Gasteiger partial charge on any atom is -0.392 e. The van der Waals surface area contributed by atoms with Gasteiger partial charge < -0.3 is 5.11 Å². The van der Waals surface area contributed by atoms with Crippen LogP contribution in [0.5, 0.6) is 0 Å². The molecule has 0 saturated carbocycles. The van der Waals surface area contributed by atoms with E-state index in [1.54, 1.807) is 0 Å². The van der Waals surface area contributed by atoms with E-state index in [2.05, 4.69) is 5.10 Å². The zero-order chi connectivity index (χ0) is 9.42. The van der Waals surface area contributed by atoms with Crippen LogP contribution in [0.2, 0.25) is 0 Å². The largest absolute Gasteiger partial charge is 0.392 e. The van der Waals surface area contributed by atoms with E-state index in [-0.39, 0.29) is 6.61 Å². The number of fused-ring (bicyclic) bond motifs is 1. The molecule has 1 heterocycles. The molecule has 0 fully saturated rings. The lowest BCUT2D eigenvalue weighted by Gasteiger charge is -1.95. The van der Waals surface area contributed by atoms with E-state index in [0.717, 1.165) is 22.2 Å². The number of aromatic nitrogens is 2. The molecule has 0 atom stereocenters. The first-order chi connectivity index (χ1) is 6.22. The Kier molecular flexibility index (Phi) is 1.81. The number of aliphatic hydroxyl groups excluding tert-OH is 1. The maximum Gasteiger partial charge on any atom is 0.0926 e. The van der Waals surface area contributed by atoms with E-state index in [1.165, 1.54) is 0 Å². The molecule has 0 aliphatic heterocycles. The Morgan fingerprint density at radius 1 is 1.46 bits per heavy atom. The van der Waals surface area contributed by atoms with Crippen molar-refractivity contribution in [2.24, 2.45) is 7.05 Å². The molecule has 2 aromatic rings. The second-order valence-electron chi connectivity index (χ2n) is 3.22. The Morgan fingerprint density at radius 2 is 2.23 bits per heavy atom. The topological polar surface area (TPSA) is 38.1 Å². The second-order valence-corrected chi connectivity index (χ2v) is 3.22. The normalized spacial score (nSPS) is 11.0. The first kappa shape index (κ1) is 8.26. The van der Waals surface area contributed by atoms with E-state index in [9.17, 15) is 0 Å². The summed E-state index contributed by atoms with van der Waals surface area (Å²) in [4.78, 5) is 0.